The standard InChI is InChI=1S/C15H19NO3/c1-3-8-14(17)13(15(18)19-4-2)11-16-12-9-6-5-7-10-12/h5-7,9-11,16H,3-4,8H2,1-2H3. The molecule has 1 aromatic carbocycles. The molecule has 0 spiro atoms. The van der Waals surface area contributed by atoms with Gasteiger partial charge in [-0.1, -0.05) is 25.1 Å². The number of carbonyl (C=O) groups is 2. The second-order valence-electron chi connectivity index (χ2n) is 3.96. The SMILES string of the molecule is CCCC(=O)C(=CNc1ccccc1)C(=O)OCC. The fourth-order valence-corrected chi connectivity index (χ4v) is 1.51. The van der Waals surface area contributed by atoms with E-state index in [1.54, 1.807) is 6.92 Å². The highest BCUT2D eigenvalue weighted by molar-refractivity contribution is 6.17. The lowest BCUT2D eigenvalue weighted by atomic mass is 10.1. The maximum atomic E-state index is 11.9. The molecule has 0 atom stereocenters. The molecule has 4 nitrogen and oxygen atoms in total. The number of anilines is 1. The minimum Gasteiger partial charge on any atom is -0.462 e. The van der Waals surface area contributed by atoms with Gasteiger partial charge in [0.25, 0.3) is 0 Å². The van der Waals surface area contributed by atoms with Gasteiger partial charge in [-0.05, 0) is 25.5 Å². The number of hydrogen-bond donors (Lipinski definition) is 1. The van der Waals surface area contributed by atoms with Gasteiger partial charge in [-0.3, -0.25) is 4.79 Å². The summed E-state index contributed by atoms with van der Waals surface area (Å²) < 4.78 is 4.89. The molecule has 0 radical (unpaired) electrons. The Bertz CT molecular complexity index is 432. The summed E-state index contributed by atoms with van der Waals surface area (Å²) in [6, 6.07) is 9.33. The number of benzene rings is 1. The quantitative estimate of drug-likeness (QED) is 0.355. The van der Waals surface area contributed by atoms with E-state index in [1.807, 2.05) is 37.3 Å². The van der Waals surface area contributed by atoms with Gasteiger partial charge in [0.2, 0.25) is 0 Å². The van der Waals surface area contributed by atoms with Gasteiger partial charge < -0.3 is 10.1 Å². The van der Waals surface area contributed by atoms with Crippen molar-refractivity contribution in [1.82, 2.24) is 0 Å². The minimum absolute atomic E-state index is 0.0625. The van der Waals surface area contributed by atoms with E-state index >= 15 is 0 Å². The summed E-state index contributed by atoms with van der Waals surface area (Å²) in [6.45, 7) is 3.86. The molecule has 0 saturated carbocycles. The van der Waals surface area contributed by atoms with E-state index in [1.165, 1.54) is 6.20 Å². The number of ketones is 1. The van der Waals surface area contributed by atoms with Gasteiger partial charge >= 0.3 is 5.97 Å². The van der Waals surface area contributed by atoms with Crippen molar-refractivity contribution >= 4 is 17.4 Å². The molecular formula is C15H19NO3. The summed E-state index contributed by atoms with van der Waals surface area (Å²) in [5, 5.41) is 2.94. The van der Waals surface area contributed by atoms with Crippen molar-refractivity contribution in [1.29, 1.82) is 0 Å². The Morgan fingerprint density at radius 3 is 2.47 bits per heavy atom. The van der Waals surface area contributed by atoms with Crippen molar-refractivity contribution in [2.75, 3.05) is 11.9 Å². The monoisotopic (exact) mass is 261 g/mol. The number of hydrogen-bond acceptors (Lipinski definition) is 4. The zero-order chi connectivity index (χ0) is 14.1. The van der Waals surface area contributed by atoms with E-state index in [2.05, 4.69) is 5.32 Å². The van der Waals surface area contributed by atoms with Crippen LogP contribution >= 0.6 is 0 Å². The normalized spacial score (nSPS) is 10.9. The number of ether oxygens (including phenoxy) is 1. The number of nitrogens with one attached hydrogen (secondary N) is 1. The zero-order valence-electron chi connectivity index (χ0n) is 11.3. The van der Waals surface area contributed by atoms with Crippen molar-refractivity contribution in [3.05, 3.63) is 42.1 Å². The predicted octanol–water partition coefficient (Wildman–Crippen LogP) is 2.91. The zero-order valence-corrected chi connectivity index (χ0v) is 11.3. The van der Waals surface area contributed by atoms with E-state index in [9.17, 15) is 9.59 Å². The number of carbonyl (C=O) groups excluding carboxylic acids is 2. The van der Waals surface area contributed by atoms with E-state index in [-0.39, 0.29) is 18.0 Å². The topological polar surface area (TPSA) is 55.4 Å². The Balaban J connectivity index is 2.83. The fourth-order valence-electron chi connectivity index (χ4n) is 1.51. The molecule has 0 bridgehead atoms. The van der Waals surface area contributed by atoms with Gasteiger partial charge in [0.05, 0.1) is 6.61 Å². The summed E-state index contributed by atoms with van der Waals surface area (Å²) in [5.74, 6) is -0.784. The first-order chi connectivity index (χ1) is 9.19. The fraction of sp³-hybridized carbons (Fsp3) is 0.333. The molecule has 0 aliphatic carbocycles. The molecule has 1 rings (SSSR count). The third-order valence-corrected chi connectivity index (χ3v) is 2.43. The molecule has 4 heteroatoms. The molecule has 0 aliphatic rings. The second-order valence-corrected chi connectivity index (χ2v) is 3.96. The van der Waals surface area contributed by atoms with Crippen LogP contribution in [-0.4, -0.2) is 18.4 Å². The molecular weight excluding hydrogens is 242 g/mol. The van der Waals surface area contributed by atoms with E-state index in [0.717, 1.165) is 5.69 Å². The van der Waals surface area contributed by atoms with Crippen LogP contribution in [0, 0.1) is 0 Å². The van der Waals surface area contributed by atoms with Crippen LogP contribution in [0.4, 0.5) is 5.69 Å². The minimum atomic E-state index is -0.579. The Hall–Kier alpha value is -2.10. The first kappa shape index (κ1) is 15.0. The highest BCUT2D eigenvalue weighted by Crippen LogP contribution is 2.09. The van der Waals surface area contributed by atoms with Crippen LogP contribution in [0.15, 0.2) is 42.1 Å². The number of Topliss-reactive ketones (excluding diaryl/α,β-unsaturated/α-hetero) is 1. The van der Waals surface area contributed by atoms with Crippen LogP contribution in [-0.2, 0) is 14.3 Å². The van der Waals surface area contributed by atoms with Crippen molar-refractivity contribution in [3.63, 3.8) is 0 Å². The highest BCUT2D eigenvalue weighted by Gasteiger charge is 2.18. The van der Waals surface area contributed by atoms with E-state index in [4.69, 9.17) is 4.74 Å². The van der Waals surface area contributed by atoms with Gasteiger partial charge in [0.15, 0.2) is 5.78 Å². The maximum Gasteiger partial charge on any atom is 0.343 e. The van der Waals surface area contributed by atoms with E-state index in [0.29, 0.717) is 12.8 Å². The Morgan fingerprint density at radius 2 is 1.89 bits per heavy atom. The molecule has 0 fully saturated rings. The molecule has 0 amide bonds. The Morgan fingerprint density at radius 1 is 1.21 bits per heavy atom. The van der Waals surface area contributed by atoms with Crippen molar-refractivity contribution in [3.8, 4) is 0 Å². The third kappa shape index (κ3) is 4.95. The van der Waals surface area contributed by atoms with Gasteiger partial charge in [-0.15, -0.1) is 0 Å². The first-order valence-electron chi connectivity index (χ1n) is 6.41. The van der Waals surface area contributed by atoms with Crippen LogP contribution in [0.3, 0.4) is 0 Å². The van der Waals surface area contributed by atoms with Crippen LogP contribution in [0.25, 0.3) is 0 Å². The third-order valence-electron chi connectivity index (χ3n) is 2.43. The molecule has 1 N–H and O–H groups in total. The number of esters is 1. The lowest BCUT2D eigenvalue weighted by Crippen LogP contribution is -2.17. The summed E-state index contributed by atoms with van der Waals surface area (Å²) in [4.78, 5) is 23.6. The summed E-state index contributed by atoms with van der Waals surface area (Å²) >= 11 is 0. The molecule has 1 aromatic rings. The number of rotatable bonds is 7. The van der Waals surface area contributed by atoms with Crippen LogP contribution in [0.5, 0.6) is 0 Å². The van der Waals surface area contributed by atoms with Gasteiger partial charge in [-0.25, -0.2) is 4.79 Å². The summed E-state index contributed by atoms with van der Waals surface area (Å²) in [7, 11) is 0. The van der Waals surface area contributed by atoms with Crippen molar-refractivity contribution < 1.29 is 14.3 Å². The molecule has 0 aliphatic heterocycles. The average Bonchev–Trinajstić information content (AvgIpc) is 2.41. The number of para-hydroxylation sites is 1. The van der Waals surface area contributed by atoms with Crippen LogP contribution in [0.1, 0.15) is 26.7 Å². The summed E-state index contributed by atoms with van der Waals surface area (Å²) in [6.07, 6.45) is 2.45. The van der Waals surface area contributed by atoms with Crippen molar-refractivity contribution in [2.24, 2.45) is 0 Å². The smallest absolute Gasteiger partial charge is 0.343 e. The van der Waals surface area contributed by atoms with E-state index < -0.39 is 5.97 Å². The van der Waals surface area contributed by atoms with Crippen molar-refractivity contribution in [2.45, 2.75) is 26.7 Å². The molecule has 0 unspecified atom stereocenters. The lowest BCUT2D eigenvalue weighted by Gasteiger charge is -2.07. The first-order valence-corrected chi connectivity index (χ1v) is 6.41. The second kappa shape index (κ2) is 8.08. The van der Waals surface area contributed by atoms with Gasteiger partial charge in [-0.2, -0.15) is 0 Å². The molecule has 0 heterocycles. The maximum absolute atomic E-state index is 11.9. The Labute approximate surface area is 113 Å². The predicted molar refractivity (Wildman–Crippen MR) is 74.7 cm³/mol. The van der Waals surface area contributed by atoms with Crippen LogP contribution in [0.2, 0.25) is 0 Å². The molecule has 19 heavy (non-hydrogen) atoms. The Kier molecular flexibility index (Phi) is 6.36. The van der Waals surface area contributed by atoms with Gasteiger partial charge in [0, 0.05) is 18.3 Å². The average molecular weight is 261 g/mol. The van der Waals surface area contributed by atoms with Crippen LogP contribution < -0.4 is 5.32 Å². The largest absolute Gasteiger partial charge is 0.462 e. The summed E-state index contributed by atoms with van der Waals surface area (Å²) in [5.41, 5.74) is 0.876. The molecule has 0 saturated heterocycles. The lowest BCUT2D eigenvalue weighted by molar-refractivity contribution is -0.140. The van der Waals surface area contributed by atoms with Gasteiger partial charge in [0.1, 0.15) is 5.57 Å². The molecule has 0 aromatic heterocycles. The highest BCUT2D eigenvalue weighted by atomic mass is 16.5. The molecule has 102 valence electrons.